The van der Waals surface area contributed by atoms with Crippen LogP contribution in [0.5, 0.6) is 0 Å². The van der Waals surface area contributed by atoms with Crippen LogP contribution < -0.4 is 9.62 Å². The van der Waals surface area contributed by atoms with Crippen molar-refractivity contribution in [3.05, 3.63) is 130 Å². The number of carbonyl (C=O) groups excluding carboxylic acids is 2. The van der Waals surface area contributed by atoms with Gasteiger partial charge in [-0.05, 0) is 80.4 Å². The maximum absolute atomic E-state index is 14.4. The molecular weight excluding hydrogens is 662 g/mol. The first-order valence-corrected chi connectivity index (χ1v) is 16.7. The quantitative estimate of drug-likeness (QED) is 0.186. The SMILES string of the molecule is CC(C)(C)NC(=O)C(Cc1ccccc1)N(Cc1ccc(Br)cc1)C(=O)CN(c1ccccc1)S(=O)(=O)c1ccc(Cl)cc1. The molecule has 0 radical (unpaired) electrons. The Balaban J connectivity index is 1.79. The Morgan fingerprint density at radius 1 is 0.818 bits per heavy atom. The molecule has 0 bridgehead atoms. The third-order valence-corrected chi connectivity index (χ3v) is 9.33. The van der Waals surface area contributed by atoms with E-state index in [9.17, 15) is 18.0 Å². The molecule has 4 aromatic carbocycles. The number of hydrogen-bond acceptors (Lipinski definition) is 4. The van der Waals surface area contributed by atoms with Crippen molar-refractivity contribution < 1.29 is 18.0 Å². The van der Waals surface area contributed by atoms with Crippen LogP contribution in [0.2, 0.25) is 5.02 Å². The molecule has 1 N–H and O–H groups in total. The number of sulfonamides is 1. The highest BCUT2D eigenvalue weighted by molar-refractivity contribution is 9.10. The molecule has 1 unspecified atom stereocenters. The van der Waals surface area contributed by atoms with Crippen LogP contribution in [0.3, 0.4) is 0 Å². The Morgan fingerprint density at radius 3 is 1.95 bits per heavy atom. The summed E-state index contributed by atoms with van der Waals surface area (Å²) >= 11 is 9.49. The molecule has 4 aromatic rings. The van der Waals surface area contributed by atoms with E-state index in [1.807, 2.05) is 75.4 Å². The number of hydrogen-bond donors (Lipinski definition) is 1. The minimum atomic E-state index is -4.19. The van der Waals surface area contributed by atoms with Gasteiger partial charge in [0.15, 0.2) is 0 Å². The van der Waals surface area contributed by atoms with Gasteiger partial charge in [-0.1, -0.05) is 88.2 Å². The summed E-state index contributed by atoms with van der Waals surface area (Å²) in [5.41, 5.74) is 1.41. The van der Waals surface area contributed by atoms with E-state index >= 15 is 0 Å². The predicted octanol–water partition coefficient (Wildman–Crippen LogP) is 6.85. The molecule has 1 atom stereocenters. The monoisotopic (exact) mass is 695 g/mol. The summed E-state index contributed by atoms with van der Waals surface area (Å²) < 4.78 is 30.0. The fourth-order valence-electron chi connectivity index (χ4n) is 4.65. The Morgan fingerprint density at radius 2 is 1.39 bits per heavy atom. The zero-order valence-electron chi connectivity index (χ0n) is 24.8. The maximum Gasteiger partial charge on any atom is 0.264 e. The molecule has 7 nitrogen and oxygen atoms in total. The Hall–Kier alpha value is -3.66. The van der Waals surface area contributed by atoms with Crippen LogP contribution in [0.4, 0.5) is 5.69 Å². The summed E-state index contributed by atoms with van der Waals surface area (Å²) in [6.07, 6.45) is 0.236. The summed E-state index contributed by atoms with van der Waals surface area (Å²) in [7, 11) is -4.19. The van der Waals surface area contributed by atoms with Crippen molar-refractivity contribution in [1.29, 1.82) is 0 Å². The number of anilines is 1. The highest BCUT2D eigenvalue weighted by atomic mass is 79.9. The van der Waals surface area contributed by atoms with Crippen molar-refractivity contribution in [2.45, 2.75) is 50.2 Å². The lowest BCUT2D eigenvalue weighted by Gasteiger charge is -2.35. The average Bonchev–Trinajstić information content (AvgIpc) is 2.98. The van der Waals surface area contributed by atoms with E-state index in [1.165, 1.54) is 29.2 Å². The number of amides is 2. The molecular formula is C34H35BrClN3O4S. The Labute approximate surface area is 273 Å². The lowest BCUT2D eigenvalue weighted by Crippen LogP contribution is -2.56. The number of benzene rings is 4. The summed E-state index contributed by atoms with van der Waals surface area (Å²) in [5.74, 6) is -0.863. The van der Waals surface area contributed by atoms with Gasteiger partial charge in [0.1, 0.15) is 12.6 Å². The number of nitrogens with zero attached hydrogens (tertiary/aromatic N) is 2. The van der Waals surface area contributed by atoms with Crippen LogP contribution in [0.1, 0.15) is 31.9 Å². The van der Waals surface area contributed by atoms with Crippen LogP contribution in [0.25, 0.3) is 0 Å². The maximum atomic E-state index is 14.4. The second-order valence-electron chi connectivity index (χ2n) is 11.4. The third kappa shape index (κ3) is 8.94. The topological polar surface area (TPSA) is 86.8 Å². The molecule has 0 heterocycles. The van der Waals surface area contributed by atoms with Gasteiger partial charge in [0.05, 0.1) is 10.6 Å². The van der Waals surface area contributed by atoms with E-state index in [2.05, 4.69) is 21.2 Å². The molecule has 2 amide bonds. The van der Waals surface area contributed by atoms with Crippen molar-refractivity contribution in [2.75, 3.05) is 10.8 Å². The van der Waals surface area contributed by atoms with Crippen LogP contribution in [0.15, 0.2) is 119 Å². The van der Waals surface area contributed by atoms with E-state index in [4.69, 9.17) is 11.6 Å². The number of para-hydroxylation sites is 1. The summed E-state index contributed by atoms with van der Waals surface area (Å²) in [6, 6.07) is 30.2. The highest BCUT2D eigenvalue weighted by Crippen LogP contribution is 2.26. The zero-order valence-corrected chi connectivity index (χ0v) is 27.9. The van der Waals surface area contributed by atoms with Crippen LogP contribution in [-0.2, 0) is 32.6 Å². The zero-order chi connectivity index (χ0) is 31.9. The largest absolute Gasteiger partial charge is 0.350 e. The molecule has 0 saturated carbocycles. The van der Waals surface area contributed by atoms with Gasteiger partial charge in [-0.3, -0.25) is 13.9 Å². The number of rotatable bonds is 11. The Bertz CT molecular complexity index is 1660. The summed E-state index contributed by atoms with van der Waals surface area (Å²) in [6.45, 7) is 5.19. The van der Waals surface area contributed by atoms with E-state index < -0.39 is 34.1 Å². The van der Waals surface area contributed by atoms with Gasteiger partial charge in [-0.15, -0.1) is 0 Å². The fourth-order valence-corrected chi connectivity index (χ4v) is 6.45. The smallest absolute Gasteiger partial charge is 0.264 e. The van der Waals surface area contributed by atoms with E-state index in [-0.39, 0.29) is 23.8 Å². The second kappa shape index (κ2) is 14.4. The van der Waals surface area contributed by atoms with Crippen LogP contribution in [-0.4, -0.2) is 43.3 Å². The fraction of sp³-hybridized carbons (Fsp3) is 0.235. The first-order chi connectivity index (χ1) is 20.8. The first kappa shape index (κ1) is 33.2. The first-order valence-electron chi connectivity index (χ1n) is 14.1. The Kier molecular flexibility index (Phi) is 10.9. The van der Waals surface area contributed by atoms with E-state index in [0.29, 0.717) is 10.7 Å². The van der Waals surface area contributed by atoms with E-state index in [0.717, 1.165) is 19.9 Å². The lowest BCUT2D eigenvalue weighted by molar-refractivity contribution is -0.140. The molecule has 0 aromatic heterocycles. The molecule has 0 aliphatic carbocycles. The minimum absolute atomic E-state index is 0.00989. The lowest BCUT2D eigenvalue weighted by atomic mass is 10.0. The number of carbonyl (C=O) groups is 2. The van der Waals surface area contributed by atoms with Crippen molar-refractivity contribution in [2.24, 2.45) is 0 Å². The molecule has 0 aliphatic heterocycles. The molecule has 0 spiro atoms. The van der Waals surface area contributed by atoms with Gasteiger partial charge in [0.2, 0.25) is 11.8 Å². The molecule has 10 heteroatoms. The molecule has 44 heavy (non-hydrogen) atoms. The van der Waals surface area contributed by atoms with Gasteiger partial charge in [-0.2, -0.15) is 0 Å². The normalized spacial score (nSPS) is 12.3. The van der Waals surface area contributed by atoms with Crippen molar-refractivity contribution in [3.8, 4) is 0 Å². The van der Waals surface area contributed by atoms with Crippen molar-refractivity contribution >= 4 is 55.1 Å². The highest BCUT2D eigenvalue weighted by Gasteiger charge is 2.35. The molecule has 4 rings (SSSR count). The minimum Gasteiger partial charge on any atom is -0.350 e. The molecule has 0 fully saturated rings. The second-order valence-corrected chi connectivity index (χ2v) is 14.6. The van der Waals surface area contributed by atoms with Gasteiger partial charge in [0.25, 0.3) is 10.0 Å². The van der Waals surface area contributed by atoms with Crippen LogP contribution >= 0.6 is 27.5 Å². The summed E-state index contributed by atoms with van der Waals surface area (Å²) in [5, 5.41) is 3.42. The van der Waals surface area contributed by atoms with Crippen molar-refractivity contribution in [1.82, 2.24) is 10.2 Å². The van der Waals surface area contributed by atoms with Gasteiger partial charge in [0, 0.05) is 28.0 Å². The predicted molar refractivity (Wildman–Crippen MR) is 179 cm³/mol. The molecule has 0 aliphatic rings. The van der Waals surface area contributed by atoms with Crippen LogP contribution in [0, 0.1) is 0 Å². The molecule has 230 valence electrons. The van der Waals surface area contributed by atoms with Gasteiger partial charge < -0.3 is 10.2 Å². The molecule has 0 saturated heterocycles. The van der Waals surface area contributed by atoms with Crippen molar-refractivity contribution in [3.63, 3.8) is 0 Å². The van der Waals surface area contributed by atoms with Gasteiger partial charge >= 0.3 is 0 Å². The van der Waals surface area contributed by atoms with E-state index in [1.54, 1.807) is 30.3 Å². The third-order valence-electron chi connectivity index (χ3n) is 6.76. The standard InChI is InChI=1S/C34H35BrClN3O4S/c1-34(2,3)37-33(41)31(22-25-10-6-4-7-11-25)38(23-26-14-16-27(35)17-15-26)32(40)24-39(29-12-8-5-9-13-29)44(42,43)30-20-18-28(36)19-21-30/h4-21,31H,22-24H2,1-3H3,(H,37,41). The van der Waals surface area contributed by atoms with Gasteiger partial charge in [-0.25, -0.2) is 8.42 Å². The average molecular weight is 697 g/mol. The number of nitrogens with one attached hydrogen (secondary N) is 1. The summed E-state index contributed by atoms with van der Waals surface area (Å²) in [4.78, 5) is 29.8. The number of halogens is 2.